The third-order valence-electron chi connectivity index (χ3n) is 4.55. The monoisotopic (exact) mass is 437 g/mol. The fourth-order valence-corrected chi connectivity index (χ4v) is 3.91. The third kappa shape index (κ3) is 5.49. The highest BCUT2D eigenvalue weighted by Crippen LogP contribution is 2.26. The first-order valence-electron chi connectivity index (χ1n) is 9.48. The molecule has 0 bridgehead atoms. The number of nitrogens with one attached hydrogen (secondary N) is 2. The van der Waals surface area contributed by atoms with Crippen LogP contribution in [0.15, 0.2) is 82.8 Å². The van der Waals surface area contributed by atoms with Gasteiger partial charge in [0.15, 0.2) is 0 Å². The zero-order valence-electron chi connectivity index (χ0n) is 17.4. The van der Waals surface area contributed by atoms with Crippen molar-refractivity contribution in [2.45, 2.75) is 18.7 Å². The predicted molar refractivity (Wildman–Crippen MR) is 121 cm³/mol. The van der Waals surface area contributed by atoms with E-state index in [0.717, 1.165) is 11.1 Å². The number of benzene rings is 3. The number of hydrogen-bond acceptors (Lipinski definition) is 5. The number of amides is 1. The molecular weight excluding hydrogens is 414 g/mol. The van der Waals surface area contributed by atoms with E-state index in [9.17, 15) is 13.2 Å². The SMILES string of the molecule is COc1ccccc1NS(=O)(=O)c1cccc(C(=O)N/N=C(/C)c2ccc(C)cc2)c1. The number of methoxy groups -OCH3 is 1. The van der Waals surface area contributed by atoms with Crippen LogP contribution in [-0.4, -0.2) is 27.1 Å². The van der Waals surface area contributed by atoms with E-state index in [2.05, 4.69) is 15.2 Å². The summed E-state index contributed by atoms with van der Waals surface area (Å²) in [6, 6.07) is 20.1. The number of carbonyl (C=O) groups excluding carboxylic acids is 1. The molecule has 0 aromatic heterocycles. The average molecular weight is 438 g/mol. The molecule has 8 heteroatoms. The molecule has 0 saturated heterocycles. The molecule has 1 amide bonds. The van der Waals surface area contributed by atoms with Crippen LogP contribution in [0.2, 0.25) is 0 Å². The lowest BCUT2D eigenvalue weighted by Gasteiger charge is -2.12. The summed E-state index contributed by atoms with van der Waals surface area (Å²) in [4.78, 5) is 12.5. The van der Waals surface area contributed by atoms with Gasteiger partial charge >= 0.3 is 0 Å². The first-order chi connectivity index (χ1) is 14.8. The molecule has 0 fully saturated rings. The maximum absolute atomic E-state index is 12.8. The van der Waals surface area contributed by atoms with E-state index in [4.69, 9.17) is 4.74 Å². The number of ether oxygens (including phenoxy) is 1. The first-order valence-corrected chi connectivity index (χ1v) is 11.0. The molecule has 0 aliphatic heterocycles. The minimum atomic E-state index is -3.93. The number of hydrazone groups is 1. The second kappa shape index (κ2) is 9.44. The van der Waals surface area contributed by atoms with E-state index in [1.165, 1.54) is 31.4 Å². The van der Waals surface area contributed by atoms with Crippen molar-refractivity contribution in [3.63, 3.8) is 0 Å². The van der Waals surface area contributed by atoms with Gasteiger partial charge in [-0.15, -0.1) is 0 Å². The highest BCUT2D eigenvalue weighted by Gasteiger charge is 2.18. The van der Waals surface area contributed by atoms with Gasteiger partial charge in [0, 0.05) is 5.56 Å². The van der Waals surface area contributed by atoms with Gasteiger partial charge < -0.3 is 4.74 Å². The van der Waals surface area contributed by atoms with Gasteiger partial charge in [0.2, 0.25) is 0 Å². The fraction of sp³-hybridized carbons (Fsp3) is 0.130. The topological polar surface area (TPSA) is 96.9 Å². The van der Waals surface area contributed by atoms with Gasteiger partial charge in [0.05, 0.1) is 23.4 Å². The van der Waals surface area contributed by atoms with Crippen molar-refractivity contribution in [3.05, 3.63) is 89.5 Å². The normalized spacial score (nSPS) is 11.6. The van der Waals surface area contributed by atoms with Gasteiger partial charge in [-0.2, -0.15) is 5.10 Å². The Bertz CT molecular complexity index is 1220. The predicted octanol–water partition coefficient (Wildman–Crippen LogP) is 3.96. The Morgan fingerprint density at radius 3 is 2.35 bits per heavy atom. The molecule has 160 valence electrons. The van der Waals surface area contributed by atoms with Crippen LogP contribution in [0.3, 0.4) is 0 Å². The number of aryl methyl sites for hydroxylation is 1. The van der Waals surface area contributed by atoms with E-state index < -0.39 is 15.9 Å². The summed E-state index contributed by atoms with van der Waals surface area (Å²) < 4.78 is 33.3. The Kier molecular flexibility index (Phi) is 6.71. The molecule has 0 unspecified atom stereocenters. The lowest BCUT2D eigenvalue weighted by atomic mass is 10.1. The van der Waals surface area contributed by atoms with E-state index in [-0.39, 0.29) is 10.5 Å². The molecular formula is C23H23N3O4S. The van der Waals surface area contributed by atoms with Crippen molar-refractivity contribution in [1.82, 2.24) is 5.43 Å². The standard InChI is InChI=1S/C23H23N3O4S/c1-16-11-13-18(14-12-16)17(2)24-25-23(27)19-7-6-8-20(15-19)31(28,29)26-21-9-4-5-10-22(21)30-3/h4-15,26H,1-3H3,(H,25,27)/b24-17-. The summed E-state index contributed by atoms with van der Waals surface area (Å²) >= 11 is 0. The van der Waals surface area contributed by atoms with Crippen molar-refractivity contribution < 1.29 is 17.9 Å². The van der Waals surface area contributed by atoms with Crippen LogP contribution in [0, 0.1) is 6.92 Å². The van der Waals surface area contributed by atoms with Gasteiger partial charge in [0.1, 0.15) is 5.75 Å². The molecule has 0 saturated carbocycles. The molecule has 0 atom stereocenters. The second-order valence-electron chi connectivity index (χ2n) is 6.84. The van der Waals surface area contributed by atoms with Gasteiger partial charge in [-0.05, 0) is 49.7 Å². The summed E-state index contributed by atoms with van der Waals surface area (Å²) in [6.07, 6.45) is 0. The Hall–Kier alpha value is -3.65. The Morgan fingerprint density at radius 1 is 0.935 bits per heavy atom. The van der Waals surface area contributed by atoms with Gasteiger partial charge in [-0.25, -0.2) is 13.8 Å². The van der Waals surface area contributed by atoms with Crippen LogP contribution >= 0.6 is 0 Å². The molecule has 3 rings (SSSR count). The van der Waals surface area contributed by atoms with Crippen LogP contribution in [0.25, 0.3) is 0 Å². The number of anilines is 1. The maximum Gasteiger partial charge on any atom is 0.271 e. The first kappa shape index (κ1) is 22.0. The molecule has 0 radical (unpaired) electrons. The number of hydrogen-bond donors (Lipinski definition) is 2. The average Bonchev–Trinajstić information content (AvgIpc) is 2.78. The zero-order valence-corrected chi connectivity index (χ0v) is 18.2. The van der Waals surface area contributed by atoms with Crippen molar-refractivity contribution in [1.29, 1.82) is 0 Å². The molecule has 0 aliphatic carbocycles. The van der Waals surface area contributed by atoms with Crippen molar-refractivity contribution >= 4 is 27.3 Å². The molecule has 31 heavy (non-hydrogen) atoms. The minimum Gasteiger partial charge on any atom is -0.495 e. The number of carbonyl (C=O) groups is 1. The van der Waals surface area contributed by atoms with Crippen LogP contribution < -0.4 is 14.9 Å². The lowest BCUT2D eigenvalue weighted by molar-refractivity contribution is 0.0954. The highest BCUT2D eigenvalue weighted by atomic mass is 32.2. The number of para-hydroxylation sites is 2. The van der Waals surface area contributed by atoms with Crippen LogP contribution in [0.1, 0.15) is 28.4 Å². The molecule has 0 aliphatic rings. The second-order valence-corrected chi connectivity index (χ2v) is 8.52. The molecule has 3 aromatic carbocycles. The van der Waals surface area contributed by atoms with E-state index in [0.29, 0.717) is 17.1 Å². The summed E-state index contributed by atoms with van der Waals surface area (Å²) in [6.45, 7) is 3.77. The van der Waals surface area contributed by atoms with E-state index >= 15 is 0 Å². The smallest absolute Gasteiger partial charge is 0.271 e. The zero-order chi connectivity index (χ0) is 22.4. The van der Waals surface area contributed by atoms with Crippen LogP contribution in [0.4, 0.5) is 5.69 Å². The fourth-order valence-electron chi connectivity index (χ4n) is 2.80. The highest BCUT2D eigenvalue weighted by molar-refractivity contribution is 7.92. The largest absolute Gasteiger partial charge is 0.495 e. The van der Waals surface area contributed by atoms with E-state index in [1.54, 1.807) is 31.2 Å². The summed E-state index contributed by atoms with van der Waals surface area (Å²) in [5.74, 6) is -0.123. The molecule has 0 spiro atoms. The van der Waals surface area contributed by atoms with Crippen molar-refractivity contribution in [3.8, 4) is 5.75 Å². The van der Waals surface area contributed by atoms with Gasteiger partial charge in [-0.3, -0.25) is 9.52 Å². The van der Waals surface area contributed by atoms with Crippen molar-refractivity contribution in [2.75, 3.05) is 11.8 Å². The number of nitrogens with zero attached hydrogens (tertiary/aromatic N) is 1. The Labute approximate surface area is 181 Å². The lowest BCUT2D eigenvalue weighted by Crippen LogP contribution is -2.20. The summed E-state index contributed by atoms with van der Waals surface area (Å²) in [5.41, 5.74) is 5.58. The molecule has 0 heterocycles. The summed E-state index contributed by atoms with van der Waals surface area (Å²) in [5, 5.41) is 4.12. The Morgan fingerprint density at radius 2 is 1.65 bits per heavy atom. The number of sulfonamides is 1. The van der Waals surface area contributed by atoms with E-state index in [1.807, 2.05) is 31.2 Å². The van der Waals surface area contributed by atoms with Crippen molar-refractivity contribution in [2.24, 2.45) is 5.10 Å². The molecule has 3 aromatic rings. The number of rotatable bonds is 7. The summed E-state index contributed by atoms with van der Waals surface area (Å²) in [7, 11) is -2.47. The van der Waals surface area contributed by atoms with Crippen LogP contribution in [-0.2, 0) is 10.0 Å². The molecule has 2 N–H and O–H groups in total. The van der Waals surface area contributed by atoms with Gasteiger partial charge in [-0.1, -0.05) is 48.0 Å². The molecule has 7 nitrogen and oxygen atoms in total. The third-order valence-corrected chi connectivity index (χ3v) is 5.92. The minimum absolute atomic E-state index is 0.0507. The van der Waals surface area contributed by atoms with Crippen LogP contribution in [0.5, 0.6) is 5.75 Å². The maximum atomic E-state index is 12.8. The van der Waals surface area contributed by atoms with Gasteiger partial charge in [0.25, 0.3) is 15.9 Å². The Balaban J connectivity index is 1.78. The quantitative estimate of drug-likeness (QED) is 0.432.